The molecule has 0 aliphatic rings. The Morgan fingerprint density at radius 3 is 2.44 bits per heavy atom. The fourth-order valence-corrected chi connectivity index (χ4v) is 3.11. The van der Waals surface area contributed by atoms with Crippen molar-refractivity contribution in [2.24, 2.45) is 7.05 Å². The lowest BCUT2D eigenvalue weighted by Gasteiger charge is -2.08. The molecule has 0 saturated carbocycles. The van der Waals surface area contributed by atoms with E-state index in [4.69, 9.17) is 11.3 Å². The number of halogens is 1. The van der Waals surface area contributed by atoms with Gasteiger partial charge in [-0.1, -0.05) is 31.2 Å². The molecule has 1 heterocycles. The summed E-state index contributed by atoms with van der Waals surface area (Å²) in [4.78, 5) is 15.3. The van der Waals surface area contributed by atoms with Gasteiger partial charge < -0.3 is 14.4 Å². The van der Waals surface area contributed by atoms with Crippen LogP contribution in [0.4, 0.5) is 10.1 Å². The van der Waals surface area contributed by atoms with Gasteiger partial charge in [0.05, 0.1) is 6.57 Å². The molecule has 0 atom stereocenters. The van der Waals surface area contributed by atoms with Gasteiger partial charge in [0.2, 0.25) is 5.69 Å². The minimum absolute atomic E-state index is 0.0700. The Morgan fingerprint density at radius 2 is 1.89 bits per heavy atom. The van der Waals surface area contributed by atoms with Crippen LogP contribution in [0.1, 0.15) is 23.1 Å². The first kappa shape index (κ1) is 18.2. The Hall–Kier alpha value is -3.59. The Labute approximate surface area is 156 Å². The number of aromatic nitrogens is 1. The molecule has 6 heteroatoms. The molecule has 0 radical (unpaired) electrons. The van der Waals surface area contributed by atoms with Crippen LogP contribution in [0.3, 0.4) is 0 Å². The molecule has 0 aliphatic heterocycles. The highest BCUT2D eigenvalue weighted by molar-refractivity contribution is 6.00. The third-order valence-electron chi connectivity index (χ3n) is 4.34. The molecule has 0 fully saturated rings. The summed E-state index contributed by atoms with van der Waals surface area (Å²) in [6.07, 6.45) is 0.545. The van der Waals surface area contributed by atoms with Crippen molar-refractivity contribution in [3.05, 3.63) is 77.2 Å². The summed E-state index contributed by atoms with van der Waals surface area (Å²) >= 11 is 0. The number of ether oxygens (including phenoxy) is 1. The molecular weight excluding hydrogens is 347 g/mol. The van der Waals surface area contributed by atoms with Crippen molar-refractivity contribution in [3.63, 3.8) is 0 Å². The third kappa shape index (κ3) is 3.27. The van der Waals surface area contributed by atoms with Gasteiger partial charge in [-0.2, -0.15) is 0 Å². The van der Waals surface area contributed by atoms with E-state index in [2.05, 4.69) is 4.85 Å². The van der Waals surface area contributed by atoms with Crippen LogP contribution in [-0.4, -0.2) is 15.6 Å². The van der Waals surface area contributed by atoms with Gasteiger partial charge in [0.1, 0.15) is 11.4 Å². The quantitative estimate of drug-likeness (QED) is 0.614. The average molecular weight is 364 g/mol. The zero-order chi connectivity index (χ0) is 19.6. The van der Waals surface area contributed by atoms with E-state index in [1.54, 1.807) is 48.0 Å². The number of carboxylic acid groups (broad SMARTS) is 1. The van der Waals surface area contributed by atoms with Crippen molar-refractivity contribution in [1.29, 1.82) is 0 Å². The standard InChI is InChI=1S/C21H17FN2O3/c1-4-16-19(23-2)18(20(21(25)26)24(16)3)13-9-11-14(12-10-13)27-17-8-6-5-7-15(17)22/h5-12H,4H2,1,3H3,(H,25,26). The van der Waals surface area contributed by atoms with E-state index in [9.17, 15) is 14.3 Å². The molecule has 0 bridgehead atoms. The topological polar surface area (TPSA) is 55.8 Å². The van der Waals surface area contributed by atoms with Crippen molar-refractivity contribution in [1.82, 2.24) is 4.57 Å². The predicted molar refractivity (Wildman–Crippen MR) is 99.9 cm³/mol. The van der Waals surface area contributed by atoms with Crippen molar-refractivity contribution in [3.8, 4) is 22.6 Å². The van der Waals surface area contributed by atoms with Crippen molar-refractivity contribution >= 4 is 11.7 Å². The number of carbonyl (C=O) groups is 1. The summed E-state index contributed by atoms with van der Waals surface area (Å²) in [5.41, 5.74) is 2.05. The first-order valence-electron chi connectivity index (χ1n) is 8.33. The monoisotopic (exact) mass is 364 g/mol. The largest absolute Gasteiger partial charge is 0.477 e. The minimum Gasteiger partial charge on any atom is -0.477 e. The highest BCUT2D eigenvalue weighted by Gasteiger charge is 2.25. The number of rotatable bonds is 5. The molecule has 0 unspecified atom stereocenters. The van der Waals surface area contributed by atoms with E-state index >= 15 is 0 Å². The van der Waals surface area contributed by atoms with E-state index in [-0.39, 0.29) is 11.4 Å². The lowest BCUT2D eigenvalue weighted by atomic mass is 10.0. The molecule has 2 aromatic carbocycles. The molecule has 3 aromatic rings. The molecular formula is C21H17FN2O3. The fraction of sp³-hybridized carbons (Fsp3) is 0.143. The first-order valence-corrected chi connectivity index (χ1v) is 8.33. The lowest BCUT2D eigenvalue weighted by Crippen LogP contribution is -2.07. The summed E-state index contributed by atoms with van der Waals surface area (Å²) in [6.45, 7) is 9.38. The molecule has 3 rings (SSSR count). The molecule has 0 aliphatic carbocycles. The van der Waals surface area contributed by atoms with Gasteiger partial charge in [-0.25, -0.2) is 14.0 Å². The van der Waals surface area contributed by atoms with Crippen molar-refractivity contribution in [2.75, 3.05) is 0 Å². The molecule has 136 valence electrons. The zero-order valence-electron chi connectivity index (χ0n) is 14.9. The van der Waals surface area contributed by atoms with Crippen LogP contribution in [0.15, 0.2) is 48.5 Å². The maximum atomic E-state index is 13.7. The van der Waals surface area contributed by atoms with E-state index in [0.29, 0.717) is 34.7 Å². The third-order valence-corrected chi connectivity index (χ3v) is 4.34. The molecule has 1 aromatic heterocycles. The van der Waals surface area contributed by atoms with Gasteiger partial charge in [-0.05, 0) is 36.2 Å². The highest BCUT2D eigenvalue weighted by atomic mass is 19.1. The summed E-state index contributed by atoms with van der Waals surface area (Å²) in [5, 5.41) is 9.63. The Balaban J connectivity index is 2.04. The fourth-order valence-electron chi connectivity index (χ4n) is 3.11. The normalized spacial score (nSPS) is 10.4. The minimum atomic E-state index is -1.09. The number of nitrogens with zero attached hydrogens (tertiary/aromatic N) is 2. The first-order chi connectivity index (χ1) is 13.0. The smallest absolute Gasteiger partial charge is 0.351 e. The van der Waals surface area contributed by atoms with Crippen LogP contribution < -0.4 is 4.74 Å². The summed E-state index contributed by atoms with van der Waals surface area (Å²) in [5.74, 6) is -1.05. The van der Waals surface area contributed by atoms with Crippen LogP contribution in [-0.2, 0) is 13.5 Å². The number of hydrogen-bond donors (Lipinski definition) is 1. The summed E-state index contributed by atoms with van der Waals surface area (Å²) in [6, 6.07) is 12.7. The Bertz CT molecular complexity index is 1050. The van der Waals surface area contributed by atoms with E-state index < -0.39 is 11.8 Å². The molecule has 5 nitrogen and oxygen atoms in total. The van der Waals surface area contributed by atoms with Crippen molar-refractivity contribution in [2.45, 2.75) is 13.3 Å². The SMILES string of the molecule is [C-]#[N+]c1c(-c2ccc(Oc3ccccc3F)cc2)c(C(=O)O)n(C)c1CC. The van der Waals surface area contributed by atoms with Gasteiger partial charge >= 0.3 is 5.97 Å². The maximum absolute atomic E-state index is 13.7. The highest BCUT2D eigenvalue weighted by Crippen LogP contribution is 2.40. The zero-order valence-corrected chi connectivity index (χ0v) is 14.9. The maximum Gasteiger partial charge on any atom is 0.351 e. The second-order valence-corrected chi connectivity index (χ2v) is 5.91. The van der Waals surface area contributed by atoms with Crippen LogP contribution in [0.25, 0.3) is 16.0 Å². The average Bonchev–Trinajstić information content (AvgIpc) is 2.95. The molecule has 27 heavy (non-hydrogen) atoms. The van der Waals surface area contributed by atoms with Crippen molar-refractivity contribution < 1.29 is 19.0 Å². The summed E-state index contributed by atoms with van der Waals surface area (Å²) < 4.78 is 20.8. The van der Waals surface area contributed by atoms with Gasteiger partial charge in [-0.15, -0.1) is 0 Å². The van der Waals surface area contributed by atoms with E-state index in [1.807, 2.05) is 6.92 Å². The number of aromatic carboxylic acids is 1. The Kier molecular flexibility index (Phi) is 4.95. The van der Waals surface area contributed by atoms with Gasteiger partial charge in [-0.3, -0.25) is 0 Å². The predicted octanol–water partition coefficient (Wildman–Crippen LogP) is 5.43. The molecule has 0 saturated heterocycles. The van der Waals surface area contributed by atoms with E-state index in [1.165, 1.54) is 12.1 Å². The number of hydrogen-bond acceptors (Lipinski definition) is 2. The van der Waals surface area contributed by atoms with Crippen LogP contribution in [0.2, 0.25) is 0 Å². The molecule has 0 spiro atoms. The van der Waals surface area contributed by atoms with Crippen LogP contribution in [0, 0.1) is 12.4 Å². The second kappa shape index (κ2) is 7.34. The number of carboxylic acids is 1. The summed E-state index contributed by atoms with van der Waals surface area (Å²) in [7, 11) is 1.65. The van der Waals surface area contributed by atoms with Gasteiger partial charge in [0.15, 0.2) is 11.6 Å². The number of benzene rings is 2. The molecule has 1 N–H and O–H groups in total. The van der Waals surface area contributed by atoms with E-state index in [0.717, 1.165) is 0 Å². The lowest BCUT2D eigenvalue weighted by molar-refractivity contribution is 0.0687. The van der Waals surface area contributed by atoms with Crippen LogP contribution in [0.5, 0.6) is 11.5 Å². The molecule has 0 amide bonds. The second-order valence-electron chi connectivity index (χ2n) is 5.91. The Morgan fingerprint density at radius 1 is 1.22 bits per heavy atom. The number of para-hydroxylation sites is 1. The van der Waals surface area contributed by atoms with Gasteiger partial charge in [0, 0.05) is 18.3 Å². The van der Waals surface area contributed by atoms with Crippen LogP contribution >= 0.6 is 0 Å². The van der Waals surface area contributed by atoms with Gasteiger partial charge in [0.25, 0.3) is 0 Å².